The Morgan fingerprint density at radius 1 is 1.71 bits per heavy atom. The first kappa shape index (κ1) is 11.1. The fourth-order valence-corrected chi connectivity index (χ4v) is 1.64. The van der Waals surface area contributed by atoms with Crippen LogP contribution >= 0.6 is 15.9 Å². The molecule has 0 bridgehead atoms. The van der Waals surface area contributed by atoms with E-state index in [2.05, 4.69) is 26.2 Å². The summed E-state index contributed by atoms with van der Waals surface area (Å²) < 4.78 is 5.65. The molecular weight excluding hydrogens is 248 g/mol. The monoisotopic (exact) mass is 258 g/mol. The summed E-state index contributed by atoms with van der Waals surface area (Å²) in [6.07, 6.45) is 1.55. The number of aromatic nitrogens is 1. The number of ketones is 1. The van der Waals surface area contributed by atoms with Crippen LogP contribution in [0.4, 0.5) is 0 Å². The highest BCUT2D eigenvalue weighted by molar-refractivity contribution is 9.10. The average Bonchev–Trinajstić information content (AvgIpc) is 2.18. The first-order chi connectivity index (χ1) is 6.70. The number of ether oxygens (including phenoxy) is 1. The Bertz CT molecular complexity index is 342. The van der Waals surface area contributed by atoms with Crippen LogP contribution in [0, 0.1) is 0 Å². The van der Waals surface area contributed by atoms with Gasteiger partial charge in [-0.25, -0.2) is 0 Å². The van der Waals surface area contributed by atoms with Crippen molar-refractivity contribution in [1.82, 2.24) is 10.3 Å². The molecule has 5 heteroatoms. The number of carbonyl (C=O) groups is 1. The zero-order chi connectivity index (χ0) is 10.6. The predicted molar refractivity (Wildman–Crippen MR) is 56.7 cm³/mol. The third-order valence-electron chi connectivity index (χ3n) is 1.68. The number of hydrogen-bond acceptors (Lipinski definition) is 4. The van der Waals surface area contributed by atoms with Gasteiger partial charge in [0.15, 0.2) is 5.78 Å². The van der Waals surface area contributed by atoms with E-state index in [4.69, 9.17) is 4.74 Å². The van der Waals surface area contributed by atoms with E-state index in [1.165, 1.54) is 0 Å². The maximum atomic E-state index is 11.5. The van der Waals surface area contributed by atoms with E-state index in [9.17, 15) is 4.79 Å². The minimum atomic E-state index is -0.0710. The second-order valence-corrected chi connectivity index (χ2v) is 3.42. The molecule has 14 heavy (non-hydrogen) atoms. The lowest BCUT2D eigenvalue weighted by molar-refractivity contribution is 0.0987. The number of nitrogens with one attached hydrogen (secondary N) is 1. The summed E-state index contributed by atoms with van der Waals surface area (Å²) in [6.45, 7) is 0.263. The molecule has 76 valence electrons. The molecule has 0 aliphatic rings. The highest BCUT2D eigenvalue weighted by Crippen LogP contribution is 2.26. The lowest BCUT2D eigenvalue weighted by Gasteiger charge is -2.06. The van der Waals surface area contributed by atoms with Crippen LogP contribution in [0.15, 0.2) is 16.7 Å². The smallest absolute Gasteiger partial charge is 0.196 e. The van der Waals surface area contributed by atoms with E-state index in [0.29, 0.717) is 15.9 Å². The molecule has 0 aliphatic heterocycles. The van der Waals surface area contributed by atoms with Crippen molar-refractivity contribution in [1.29, 1.82) is 0 Å². The van der Waals surface area contributed by atoms with E-state index in [-0.39, 0.29) is 12.3 Å². The van der Waals surface area contributed by atoms with Crippen LogP contribution in [0.5, 0.6) is 5.75 Å². The van der Waals surface area contributed by atoms with Gasteiger partial charge in [-0.1, -0.05) is 0 Å². The summed E-state index contributed by atoms with van der Waals surface area (Å²) in [7, 11) is 3.26. The first-order valence-electron chi connectivity index (χ1n) is 4.07. The molecule has 0 aliphatic carbocycles. The summed E-state index contributed by atoms with van der Waals surface area (Å²) in [5, 5.41) is 2.78. The van der Waals surface area contributed by atoms with E-state index < -0.39 is 0 Å². The molecule has 1 aromatic heterocycles. The molecule has 0 saturated heterocycles. The maximum absolute atomic E-state index is 11.5. The Kier molecular flexibility index (Phi) is 4.03. The van der Waals surface area contributed by atoms with Gasteiger partial charge in [-0.2, -0.15) is 0 Å². The molecule has 0 aromatic carbocycles. The Morgan fingerprint density at radius 3 is 3.00 bits per heavy atom. The molecule has 0 spiro atoms. The highest BCUT2D eigenvalue weighted by Gasteiger charge is 2.13. The molecule has 1 N–H and O–H groups in total. The molecule has 1 heterocycles. The van der Waals surface area contributed by atoms with Crippen LogP contribution in [-0.2, 0) is 0 Å². The van der Waals surface area contributed by atoms with Gasteiger partial charge in [0.05, 0.1) is 18.1 Å². The van der Waals surface area contributed by atoms with Crippen molar-refractivity contribution in [2.45, 2.75) is 0 Å². The maximum Gasteiger partial charge on any atom is 0.196 e. The summed E-state index contributed by atoms with van der Waals surface area (Å²) in [5.74, 6) is 0.540. The van der Waals surface area contributed by atoms with Crippen LogP contribution in [-0.4, -0.2) is 31.5 Å². The Hall–Kier alpha value is -0.940. The highest BCUT2D eigenvalue weighted by atomic mass is 79.9. The lowest BCUT2D eigenvalue weighted by atomic mass is 10.2. The molecule has 1 rings (SSSR count). The van der Waals surface area contributed by atoms with Crippen molar-refractivity contribution in [2.75, 3.05) is 20.7 Å². The second kappa shape index (κ2) is 5.07. The van der Waals surface area contributed by atoms with Crippen molar-refractivity contribution >= 4 is 21.7 Å². The van der Waals surface area contributed by atoms with Crippen molar-refractivity contribution in [3.05, 3.63) is 22.4 Å². The number of carbonyl (C=O) groups excluding carboxylic acids is 1. The van der Waals surface area contributed by atoms with E-state index in [0.717, 1.165) is 0 Å². The van der Waals surface area contributed by atoms with E-state index in [1.54, 1.807) is 26.4 Å². The SMILES string of the molecule is CNCC(=O)c1nccc(OC)c1Br. The van der Waals surface area contributed by atoms with Crippen LogP contribution in [0.1, 0.15) is 10.5 Å². The molecule has 0 radical (unpaired) electrons. The normalized spacial score (nSPS) is 9.93. The van der Waals surface area contributed by atoms with Crippen LogP contribution in [0.25, 0.3) is 0 Å². The van der Waals surface area contributed by atoms with Crippen LogP contribution in [0.2, 0.25) is 0 Å². The third kappa shape index (κ3) is 2.30. The zero-order valence-electron chi connectivity index (χ0n) is 8.00. The number of halogens is 1. The predicted octanol–water partition coefficient (Wildman–Crippen LogP) is 1.25. The largest absolute Gasteiger partial charge is 0.495 e. The Labute approximate surface area is 90.8 Å². The summed E-state index contributed by atoms with van der Waals surface area (Å²) in [5.41, 5.74) is 0.388. The number of hydrogen-bond donors (Lipinski definition) is 1. The van der Waals surface area contributed by atoms with Gasteiger partial charge in [-0.05, 0) is 29.0 Å². The van der Waals surface area contributed by atoms with Crippen molar-refractivity contribution in [2.24, 2.45) is 0 Å². The van der Waals surface area contributed by atoms with Gasteiger partial charge in [0.1, 0.15) is 11.4 Å². The fraction of sp³-hybridized carbons (Fsp3) is 0.333. The lowest BCUT2D eigenvalue weighted by Crippen LogP contribution is -2.20. The van der Waals surface area contributed by atoms with Gasteiger partial charge in [-0.3, -0.25) is 9.78 Å². The van der Waals surface area contributed by atoms with E-state index in [1.807, 2.05) is 0 Å². The zero-order valence-corrected chi connectivity index (χ0v) is 9.59. The number of nitrogens with zero attached hydrogens (tertiary/aromatic N) is 1. The minimum Gasteiger partial charge on any atom is -0.495 e. The molecule has 0 amide bonds. The van der Waals surface area contributed by atoms with Crippen LogP contribution in [0.3, 0.4) is 0 Å². The number of pyridine rings is 1. The number of rotatable bonds is 4. The second-order valence-electron chi connectivity index (χ2n) is 2.63. The van der Waals surface area contributed by atoms with E-state index >= 15 is 0 Å². The molecule has 4 nitrogen and oxygen atoms in total. The molecule has 0 unspecified atom stereocenters. The molecule has 0 saturated carbocycles. The van der Waals surface area contributed by atoms with Crippen molar-refractivity contribution in [3.8, 4) is 5.75 Å². The van der Waals surface area contributed by atoms with Gasteiger partial charge < -0.3 is 10.1 Å². The molecule has 0 atom stereocenters. The quantitative estimate of drug-likeness (QED) is 0.827. The van der Waals surface area contributed by atoms with Crippen LogP contribution < -0.4 is 10.1 Å². The Morgan fingerprint density at radius 2 is 2.43 bits per heavy atom. The average molecular weight is 259 g/mol. The number of Topliss-reactive ketones (excluding diaryl/α,β-unsaturated/α-hetero) is 1. The Balaban J connectivity index is 3.03. The summed E-state index contributed by atoms with van der Waals surface area (Å²) in [6, 6.07) is 1.69. The number of likely N-dealkylation sites (N-methyl/N-ethyl adjacent to an activating group) is 1. The van der Waals surface area contributed by atoms with Gasteiger partial charge >= 0.3 is 0 Å². The topological polar surface area (TPSA) is 51.2 Å². The third-order valence-corrected chi connectivity index (χ3v) is 2.44. The van der Waals surface area contributed by atoms with Gasteiger partial charge in [0.2, 0.25) is 0 Å². The van der Waals surface area contributed by atoms with Gasteiger partial charge in [0.25, 0.3) is 0 Å². The molecule has 1 aromatic rings. The number of methoxy groups -OCH3 is 1. The van der Waals surface area contributed by atoms with Gasteiger partial charge in [0, 0.05) is 6.20 Å². The molecule has 0 fully saturated rings. The standard InChI is InChI=1S/C9H11BrN2O2/c1-11-5-6(13)9-8(10)7(14-2)3-4-12-9/h3-4,11H,5H2,1-2H3. The fourth-order valence-electron chi connectivity index (χ4n) is 1.02. The molecular formula is C9H11BrN2O2. The first-order valence-corrected chi connectivity index (χ1v) is 4.86. The van der Waals surface area contributed by atoms with Gasteiger partial charge in [-0.15, -0.1) is 0 Å². The minimum absolute atomic E-state index is 0.0710. The van der Waals surface area contributed by atoms with Crippen molar-refractivity contribution < 1.29 is 9.53 Å². The summed E-state index contributed by atoms with van der Waals surface area (Å²) in [4.78, 5) is 15.5. The summed E-state index contributed by atoms with van der Waals surface area (Å²) >= 11 is 3.28. The van der Waals surface area contributed by atoms with Crippen molar-refractivity contribution in [3.63, 3.8) is 0 Å².